The van der Waals surface area contributed by atoms with Gasteiger partial charge in [0.05, 0.1) is 21.8 Å². The van der Waals surface area contributed by atoms with Crippen molar-refractivity contribution in [2.75, 3.05) is 18.0 Å². The number of halogens is 3. The SMILES string of the molecule is CCCC[N+]1=C(/C=C/C2=C(c3c(F)cc(F)cc3F)C(=C/C=C3/N(CCC)c4ccc(S(=O)(=O)O)cc4C3(C)C)/CC(C(=O)ON3C(=O)CCC3=O)C2)C(C)(C)c2ccccc21. The third-order valence-corrected chi connectivity index (χ3v) is 13.2. The number of para-hydroxylation sites is 1. The largest absolute Gasteiger partial charge is 0.344 e. The maximum atomic E-state index is 16.2. The quantitative estimate of drug-likeness (QED) is 0.109. The molecule has 14 heteroatoms. The highest BCUT2D eigenvalue weighted by molar-refractivity contribution is 7.85. The van der Waals surface area contributed by atoms with Crippen molar-refractivity contribution in [1.29, 1.82) is 0 Å². The summed E-state index contributed by atoms with van der Waals surface area (Å²) in [5.74, 6) is -6.65. The summed E-state index contributed by atoms with van der Waals surface area (Å²) in [5, 5.41) is 0.475. The number of hydrogen-bond acceptors (Lipinski definition) is 7. The van der Waals surface area contributed by atoms with Crippen molar-refractivity contribution < 1.29 is 49.9 Å². The van der Waals surface area contributed by atoms with Crippen LogP contribution in [0.5, 0.6) is 0 Å². The number of benzene rings is 3. The van der Waals surface area contributed by atoms with Crippen LogP contribution < -0.4 is 4.90 Å². The fourth-order valence-corrected chi connectivity index (χ4v) is 9.75. The maximum Gasteiger partial charge on any atom is 0.336 e. The van der Waals surface area contributed by atoms with Crippen LogP contribution in [0.1, 0.15) is 103 Å². The summed E-state index contributed by atoms with van der Waals surface area (Å²) < 4.78 is 83.5. The van der Waals surface area contributed by atoms with Crippen molar-refractivity contribution in [2.24, 2.45) is 5.92 Å². The number of fused-ring (bicyclic) bond motifs is 2. The molecule has 1 aliphatic carbocycles. The number of nitrogens with zero attached hydrogens (tertiary/aromatic N) is 3. The Morgan fingerprint density at radius 1 is 0.887 bits per heavy atom. The van der Waals surface area contributed by atoms with E-state index in [1.807, 2.05) is 43.9 Å². The Morgan fingerprint density at radius 2 is 1.56 bits per heavy atom. The van der Waals surface area contributed by atoms with Gasteiger partial charge in [-0.05, 0) is 79.7 Å². The molecule has 1 unspecified atom stereocenters. The van der Waals surface area contributed by atoms with Crippen molar-refractivity contribution in [3.05, 3.63) is 130 Å². The molecule has 0 bridgehead atoms. The minimum absolute atomic E-state index is 0.100. The molecule has 3 aromatic carbocycles. The molecular weight excluding hydrogens is 820 g/mol. The lowest BCUT2D eigenvalue weighted by Gasteiger charge is -2.30. The minimum atomic E-state index is -4.53. The number of allylic oxidation sites excluding steroid dienone is 8. The van der Waals surface area contributed by atoms with E-state index in [-0.39, 0.29) is 41.7 Å². The van der Waals surface area contributed by atoms with Crippen LogP contribution in [0.15, 0.2) is 101 Å². The molecule has 10 nitrogen and oxygen atoms in total. The second-order valence-electron chi connectivity index (χ2n) is 17.3. The van der Waals surface area contributed by atoms with E-state index in [0.717, 1.165) is 29.8 Å². The van der Waals surface area contributed by atoms with Crippen LogP contribution in [0, 0.1) is 23.4 Å². The number of unbranched alkanes of at least 4 members (excludes halogenated alkanes) is 1. The number of hydroxylamine groups is 2. The van der Waals surface area contributed by atoms with E-state index in [0.29, 0.717) is 59.2 Å². The van der Waals surface area contributed by atoms with Crippen molar-refractivity contribution in [1.82, 2.24) is 5.06 Å². The average molecular weight is 871 g/mol. The first-order valence-corrected chi connectivity index (χ1v) is 22.4. The van der Waals surface area contributed by atoms with Gasteiger partial charge in [-0.2, -0.15) is 13.0 Å². The molecule has 0 spiro atoms. The molecule has 0 saturated carbocycles. The van der Waals surface area contributed by atoms with E-state index in [1.54, 1.807) is 24.3 Å². The molecule has 0 radical (unpaired) electrons. The monoisotopic (exact) mass is 870 g/mol. The molecular formula is C48H51F3N3O7S+. The van der Waals surface area contributed by atoms with Gasteiger partial charge in [0.1, 0.15) is 24.0 Å². The first-order valence-electron chi connectivity index (χ1n) is 21.0. The van der Waals surface area contributed by atoms with E-state index in [1.165, 1.54) is 12.1 Å². The zero-order valence-corrected chi connectivity index (χ0v) is 36.5. The summed E-state index contributed by atoms with van der Waals surface area (Å²) in [6.07, 6.45) is 9.08. The molecule has 3 aliphatic heterocycles. The van der Waals surface area contributed by atoms with E-state index in [9.17, 15) is 31.7 Å². The van der Waals surface area contributed by atoms with Crippen molar-refractivity contribution in [2.45, 2.75) is 102 Å². The smallest absolute Gasteiger partial charge is 0.336 e. The number of carbonyl (C=O) groups excluding carboxylic acids is 3. The van der Waals surface area contributed by atoms with Gasteiger partial charge in [0.15, 0.2) is 5.71 Å². The third-order valence-electron chi connectivity index (χ3n) is 12.4. The van der Waals surface area contributed by atoms with E-state index < -0.39 is 67.7 Å². The highest BCUT2D eigenvalue weighted by Gasteiger charge is 2.45. The lowest BCUT2D eigenvalue weighted by Crippen LogP contribution is -2.35. The Labute approximate surface area is 360 Å². The van der Waals surface area contributed by atoms with E-state index in [4.69, 9.17) is 4.84 Å². The van der Waals surface area contributed by atoms with Crippen LogP contribution >= 0.6 is 0 Å². The standard InChI is InChI=1S/C48H50F3N3O7S/c1-7-9-23-53-38-13-11-10-12-34(38)47(3,4)40(53)18-14-29-24-31(46(57)61-54-42(55)20-21-43(54)56)25-30(44(29)45-36(50)26-32(49)27-37(45)51)15-19-41-48(5,6)35-28-33(62(58,59)60)16-17-39(35)52(41)22-8-2/h10-19,26-28,31H,7-9,20-25H2,1-6H3/p+1. The molecule has 3 aromatic rings. The summed E-state index contributed by atoms with van der Waals surface area (Å²) in [5.41, 5.74) is 3.94. The molecule has 326 valence electrons. The van der Waals surface area contributed by atoms with Gasteiger partial charge in [-0.3, -0.25) is 14.1 Å². The number of amides is 2. The molecule has 1 fully saturated rings. The van der Waals surface area contributed by atoms with Gasteiger partial charge in [-0.15, -0.1) is 5.06 Å². The predicted octanol–water partition coefficient (Wildman–Crippen LogP) is 9.57. The van der Waals surface area contributed by atoms with Crippen LogP contribution in [0.25, 0.3) is 5.57 Å². The van der Waals surface area contributed by atoms with Crippen molar-refractivity contribution in [3.8, 4) is 0 Å². The Kier molecular flexibility index (Phi) is 12.1. The number of carbonyl (C=O) groups is 3. The average Bonchev–Trinajstić information content (AvgIpc) is 3.72. The number of anilines is 1. The number of imide groups is 1. The Balaban J connectivity index is 1.45. The molecule has 4 aliphatic rings. The predicted molar refractivity (Wildman–Crippen MR) is 230 cm³/mol. The normalized spacial score (nSPS) is 21.0. The zero-order valence-electron chi connectivity index (χ0n) is 35.7. The summed E-state index contributed by atoms with van der Waals surface area (Å²) in [6.45, 7) is 13.2. The lowest BCUT2D eigenvalue weighted by atomic mass is 9.76. The van der Waals surface area contributed by atoms with Crippen LogP contribution in [-0.2, 0) is 40.2 Å². The second kappa shape index (κ2) is 16.9. The fourth-order valence-electron chi connectivity index (χ4n) is 9.24. The van der Waals surface area contributed by atoms with Crippen molar-refractivity contribution >= 4 is 50.6 Å². The lowest BCUT2D eigenvalue weighted by molar-refractivity contribution is -0.438. The maximum absolute atomic E-state index is 16.2. The van der Waals surface area contributed by atoms with Gasteiger partial charge >= 0.3 is 5.97 Å². The molecule has 7 rings (SSSR count). The topological polar surface area (TPSA) is 124 Å². The molecule has 3 heterocycles. The van der Waals surface area contributed by atoms with Gasteiger partial charge in [0.2, 0.25) is 5.69 Å². The Bertz CT molecular complexity index is 2620. The fraction of sp³-hybridized carbons (Fsp3) is 0.375. The summed E-state index contributed by atoms with van der Waals surface area (Å²) in [7, 11) is -4.53. The van der Waals surface area contributed by atoms with E-state index in [2.05, 4.69) is 37.5 Å². The zero-order chi connectivity index (χ0) is 44.9. The number of rotatable bonds is 12. The highest BCUT2D eigenvalue weighted by Crippen LogP contribution is 2.50. The molecule has 62 heavy (non-hydrogen) atoms. The first kappa shape index (κ1) is 44.5. The molecule has 1 atom stereocenters. The summed E-state index contributed by atoms with van der Waals surface area (Å²) in [4.78, 5) is 46.4. The first-order chi connectivity index (χ1) is 29.3. The summed E-state index contributed by atoms with van der Waals surface area (Å²) in [6, 6.07) is 13.7. The van der Waals surface area contributed by atoms with Crippen LogP contribution in [0.4, 0.5) is 24.5 Å². The molecule has 0 aromatic heterocycles. The molecule has 2 amide bonds. The Morgan fingerprint density at radius 3 is 2.21 bits per heavy atom. The highest BCUT2D eigenvalue weighted by atomic mass is 32.2. The van der Waals surface area contributed by atoms with Gasteiger partial charge < -0.3 is 9.74 Å². The van der Waals surface area contributed by atoms with Gasteiger partial charge in [0, 0.05) is 72.4 Å². The van der Waals surface area contributed by atoms with Gasteiger partial charge in [-0.1, -0.05) is 64.5 Å². The van der Waals surface area contributed by atoms with Crippen LogP contribution in [0.2, 0.25) is 0 Å². The minimum Gasteiger partial charge on any atom is -0.344 e. The summed E-state index contributed by atoms with van der Waals surface area (Å²) >= 11 is 0. The van der Waals surface area contributed by atoms with Gasteiger partial charge in [0.25, 0.3) is 21.9 Å². The Hall–Kier alpha value is -5.60. The molecule has 1 saturated heterocycles. The van der Waals surface area contributed by atoms with Crippen LogP contribution in [0.3, 0.4) is 0 Å². The van der Waals surface area contributed by atoms with Gasteiger partial charge in [-0.25, -0.2) is 18.0 Å². The number of hydrogen-bond donors (Lipinski definition) is 1. The van der Waals surface area contributed by atoms with Crippen molar-refractivity contribution in [3.63, 3.8) is 0 Å². The van der Waals surface area contributed by atoms with E-state index >= 15 is 8.78 Å². The third kappa shape index (κ3) is 8.10. The van der Waals surface area contributed by atoms with Crippen LogP contribution in [-0.4, -0.2) is 59.2 Å². The second-order valence-corrected chi connectivity index (χ2v) is 18.7. The molecule has 1 N–H and O–H groups in total.